The fourth-order valence-corrected chi connectivity index (χ4v) is 3.78. The molecule has 0 saturated heterocycles. The van der Waals surface area contributed by atoms with E-state index < -0.39 is 0 Å². The maximum Gasteiger partial charge on any atom is 0.259 e. The molecular formula is C24H24N2O3. The van der Waals surface area contributed by atoms with Crippen molar-refractivity contribution in [1.82, 2.24) is 5.32 Å². The van der Waals surface area contributed by atoms with Gasteiger partial charge in [0.25, 0.3) is 5.91 Å². The zero-order chi connectivity index (χ0) is 20.4. The van der Waals surface area contributed by atoms with Crippen LogP contribution in [0.4, 0.5) is 5.69 Å². The average Bonchev–Trinajstić information content (AvgIpc) is 2.99. The van der Waals surface area contributed by atoms with E-state index in [0.717, 1.165) is 27.8 Å². The lowest BCUT2D eigenvalue weighted by Gasteiger charge is -2.18. The van der Waals surface area contributed by atoms with Gasteiger partial charge in [0, 0.05) is 10.9 Å². The molecule has 29 heavy (non-hydrogen) atoms. The number of ether oxygens (including phenoxy) is 1. The molecule has 0 fully saturated rings. The molecule has 0 atom stereocenters. The number of hydrogen-bond donors (Lipinski definition) is 1. The van der Waals surface area contributed by atoms with Gasteiger partial charge >= 0.3 is 0 Å². The predicted octanol–water partition coefficient (Wildman–Crippen LogP) is 4.12. The summed E-state index contributed by atoms with van der Waals surface area (Å²) in [5.41, 5.74) is 2.59. The summed E-state index contributed by atoms with van der Waals surface area (Å²) in [4.78, 5) is 26.7. The standard InChI is InChI=1S/C24H24N2O3/c1-16(2)18-9-3-4-12-21(18)29-14-13-25-22(27)15-26-20-11-6-8-17-7-5-10-19(23(17)20)24(26)28/h3-12,16H,13-15H2,1-2H3,(H,25,27). The molecule has 0 unspecified atom stereocenters. The second-order valence-corrected chi connectivity index (χ2v) is 7.46. The van der Waals surface area contributed by atoms with Crippen LogP contribution in [-0.4, -0.2) is 31.5 Å². The minimum absolute atomic E-state index is 0.00475. The Morgan fingerprint density at radius 2 is 1.79 bits per heavy atom. The second kappa shape index (κ2) is 7.95. The monoisotopic (exact) mass is 388 g/mol. The van der Waals surface area contributed by atoms with Crippen LogP contribution in [0.1, 0.15) is 35.7 Å². The zero-order valence-electron chi connectivity index (χ0n) is 16.6. The van der Waals surface area contributed by atoms with Gasteiger partial charge in [-0.2, -0.15) is 0 Å². The fourth-order valence-electron chi connectivity index (χ4n) is 3.78. The van der Waals surface area contributed by atoms with Crippen LogP contribution in [0.15, 0.2) is 60.7 Å². The van der Waals surface area contributed by atoms with Crippen molar-refractivity contribution in [1.29, 1.82) is 0 Å². The number of carbonyl (C=O) groups excluding carboxylic acids is 2. The van der Waals surface area contributed by atoms with Crippen molar-refractivity contribution in [3.63, 3.8) is 0 Å². The maximum atomic E-state index is 12.8. The SMILES string of the molecule is CC(C)c1ccccc1OCCNC(=O)CN1C(=O)c2cccc3cccc1c23. The van der Waals surface area contributed by atoms with E-state index in [1.54, 1.807) is 4.90 Å². The van der Waals surface area contributed by atoms with Gasteiger partial charge in [0.15, 0.2) is 0 Å². The van der Waals surface area contributed by atoms with Crippen LogP contribution in [-0.2, 0) is 4.79 Å². The number of amides is 2. The molecule has 0 spiro atoms. The highest BCUT2D eigenvalue weighted by atomic mass is 16.5. The van der Waals surface area contributed by atoms with E-state index in [0.29, 0.717) is 24.6 Å². The van der Waals surface area contributed by atoms with E-state index in [4.69, 9.17) is 4.74 Å². The molecule has 1 aliphatic heterocycles. The molecule has 148 valence electrons. The van der Waals surface area contributed by atoms with Gasteiger partial charge in [0.1, 0.15) is 18.9 Å². The first kappa shape index (κ1) is 19.0. The summed E-state index contributed by atoms with van der Waals surface area (Å²) in [6.07, 6.45) is 0. The Bertz CT molecular complexity index is 1070. The lowest BCUT2D eigenvalue weighted by atomic mass is 10.0. The summed E-state index contributed by atoms with van der Waals surface area (Å²) >= 11 is 0. The number of benzene rings is 3. The number of para-hydroxylation sites is 1. The number of carbonyl (C=O) groups is 2. The summed E-state index contributed by atoms with van der Waals surface area (Å²) < 4.78 is 5.84. The first-order valence-electron chi connectivity index (χ1n) is 9.88. The van der Waals surface area contributed by atoms with E-state index >= 15 is 0 Å². The Morgan fingerprint density at radius 3 is 2.59 bits per heavy atom. The first-order chi connectivity index (χ1) is 14.1. The summed E-state index contributed by atoms with van der Waals surface area (Å²) in [5, 5.41) is 4.78. The molecule has 0 bridgehead atoms. The van der Waals surface area contributed by atoms with E-state index in [9.17, 15) is 9.59 Å². The maximum absolute atomic E-state index is 12.8. The van der Waals surface area contributed by atoms with Gasteiger partial charge in [-0.1, -0.05) is 56.3 Å². The molecule has 0 aliphatic carbocycles. The predicted molar refractivity (Wildman–Crippen MR) is 115 cm³/mol. The average molecular weight is 388 g/mol. The lowest BCUT2D eigenvalue weighted by molar-refractivity contribution is -0.119. The number of rotatable bonds is 7. The normalized spacial score (nSPS) is 12.7. The molecule has 5 heteroatoms. The van der Waals surface area contributed by atoms with Crippen molar-refractivity contribution < 1.29 is 14.3 Å². The number of hydrogen-bond acceptors (Lipinski definition) is 3. The fraction of sp³-hybridized carbons (Fsp3) is 0.250. The van der Waals surface area contributed by atoms with Crippen molar-refractivity contribution >= 4 is 28.3 Å². The third-order valence-electron chi connectivity index (χ3n) is 5.17. The molecular weight excluding hydrogens is 364 g/mol. The molecule has 0 aromatic heterocycles. The number of nitrogens with one attached hydrogen (secondary N) is 1. The highest BCUT2D eigenvalue weighted by molar-refractivity contribution is 6.26. The Kier molecular flexibility index (Phi) is 5.21. The summed E-state index contributed by atoms with van der Waals surface area (Å²) in [7, 11) is 0. The third kappa shape index (κ3) is 3.68. The molecule has 3 aromatic carbocycles. The molecule has 0 radical (unpaired) electrons. The molecule has 1 N–H and O–H groups in total. The molecule has 5 nitrogen and oxygen atoms in total. The summed E-state index contributed by atoms with van der Waals surface area (Å²) in [5.74, 6) is 0.873. The number of anilines is 1. The van der Waals surface area contributed by atoms with Crippen LogP contribution < -0.4 is 15.0 Å². The minimum Gasteiger partial charge on any atom is -0.491 e. The van der Waals surface area contributed by atoms with E-state index in [-0.39, 0.29) is 18.4 Å². The van der Waals surface area contributed by atoms with Gasteiger partial charge in [-0.3, -0.25) is 14.5 Å². The van der Waals surface area contributed by atoms with Gasteiger partial charge in [0.2, 0.25) is 5.91 Å². The van der Waals surface area contributed by atoms with Crippen molar-refractivity contribution in [3.05, 3.63) is 71.8 Å². The zero-order valence-corrected chi connectivity index (χ0v) is 16.6. The molecule has 1 heterocycles. The van der Waals surface area contributed by atoms with Crippen LogP contribution >= 0.6 is 0 Å². The molecule has 1 aliphatic rings. The largest absolute Gasteiger partial charge is 0.491 e. The second-order valence-electron chi connectivity index (χ2n) is 7.46. The Balaban J connectivity index is 1.35. The van der Waals surface area contributed by atoms with Gasteiger partial charge in [-0.15, -0.1) is 0 Å². The van der Waals surface area contributed by atoms with Crippen LogP contribution in [0, 0.1) is 0 Å². The van der Waals surface area contributed by atoms with Crippen molar-refractivity contribution in [3.8, 4) is 5.75 Å². The topological polar surface area (TPSA) is 58.6 Å². The van der Waals surface area contributed by atoms with Crippen molar-refractivity contribution in [2.75, 3.05) is 24.6 Å². The van der Waals surface area contributed by atoms with Gasteiger partial charge in [-0.25, -0.2) is 0 Å². The van der Waals surface area contributed by atoms with E-state index in [2.05, 4.69) is 25.2 Å². The first-order valence-corrected chi connectivity index (χ1v) is 9.88. The Morgan fingerprint density at radius 1 is 1.03 bits per heavy atom. The van der Waals surface area contributed by atoms with Crippen LogP contribution in [0.5, 0.6) is 5.75 Å². The van der Waals surface area contributed by atoms with Crippen molar-refractivity contribution in [2.24, 2.45) is 0 Å². The third-order valence-corrected chi connectivity index (χ3v) is 5.17. The highest BCUT2D eigenvalue weighted by Crippen LogP contribution is 2.36. The van der Waals surface area contributed by atoms with Gasteiger partial charge in [-0.05, 0) is 35.1 Å². The molecule has 0 saturated carbocycles. The summed E-state index contributed by atoms with van der Waals surface area (Å²) in [6, 6.07) is 19.4. The molecule has 2 amide bonds. The quantitative estimate of drug-likeness (QED) is 0.620. The van der Waals surface area contributed by atoms with Gasteiger partial charge in [0.05, 0.1) is 12.2 Å². The van der Waals surface area contributed by atoms with E-state index in [1.807, 2.05) is 54.6 Å². The molecule has 4 rings (SSSR count). The Hall–Kier alpha value is -3.34. The van der Waals surface area contributed by atoms with Crippen molar-refractivity contribution in [2.45, 2.75) is 19.8 Å². The van der Waals surface area contributed by atoms with Crippen LogP contribution in [0.3, 0.4) is 0 Å². The minimum atomic E-state index is -0.205. The molecule has 3 aromatic rings. The van der Waals surface area contributed by atoms with Gasteiger partial charge < -0.3 is 10.1 Å². The highest BCUT2D eigenvalue weighted by Gasteiger charge is 2.30. The van der Waals surface area contributed by atoms with Crippen LogP contribution in [0.25, 0.3) is 10.8 Å². The number of nitrogens with zero attached hydrogens (tertiary/aromatic N) is 1. The Labute approximate surface area is 170 Å². The summed E-state index contributed by atoms with van der Waals surface area (Å²) in [6.45, 7) is 4.99. The smallest absolute Gasteiger partial charge is 0.259 e. The van der Waals surface area contributed by atoms with E-state index in [1.165, 1.54) is 0 Å². The lowest BCUT2D eigenvalue weighted by Crippen LogP contribution is -2.40. The van der Waals surface area contributed by atoms with Crippen LogP contribution in [0.2, 0.25) is 0 Å².